The van der Waals surface area contributed by atoms with E-state index in [1.165, 1.54) is 19.3 Å². The highest BCUT2D eigenvalue weighted by molar-refractivity contribution is 4.89. The van der Waals surface area contributed by atoms with Crippen LogP contribution >= 0.6 is 0 Å². The van der Waals surface area contributed by atoms with Crippen molar-refractivity contribution in [2.24, 2.45) is 5.92 Å². The molecule has 0 aliphatic heterocycles. The van der Waals surface area contributed by atoms with E-state index in [0.717, 1.165) is 32.1 Å². The van der Waals surface area contributed by atoms with Gasteiger partial charge in [0.05, 0.1) is 30.5 Å². The molecule has 0 rings (SSSR count). The lowest BCUT2D eigenvalue weighted by Gasteiger charge is -2.04. The van der Waals surface area contributed by atoms with E-state index < -0.39 is 0 Å². The minimum atomic E-state index is -0.0735. The molecule has 0 bridgehead atoms. The van der Waals surface area contributed by atoms with Gasteiger partial charge in [0.25, 0.3) is 0 Å². The third kappa shape index (κ3) is 10.7. The number of hydrogen-bond acceptors (Lipinski definition) is 3. The van der Waals surface area contributed by atoms with Crippen LogP contribution in [0.4, 0.5) is 0 Å². The number of nitrogens with zero attached hydrogens (tertiary/aromatic N) is 3. The molecule has 3 nitrogen and oxygen atoms in total. The van der Waals surface area contributed by atoms with E-state index in [-0.39, 0.29) is 5.92 Å². The largest absolute Gasteiger partial charge is 0.198 e. The molecule has 0 saturated carbocycles. The Bertz CT molecular complexity index is 290. The molecular formula is C14H21N3. The Kier molecular flexibility index (Phi) is 11.4. The van der Waals surface area contributed by atoms with Gasteiger partial charge in [-0.2, -0.15) is 15.8 Å². The zero-order valence-corrected chi connectivity index (χ0v) is 10.5. The zero-order chi connectivity index (χ0) is 12.8. The fraction of sp³-hybridized carbons (Fsp3) is 0.786. The molecule has 0 aliphatic rings. The van der Waals surface area contributed by atoms with Gasteiger partial charge < -0.3 is 0 Å². The van der Waals surface area contributed by atoms with E-state index in [9.17, 15) is 0 Å². The molecule has 0 amide bonds. The summed E-state index contributed by atoms with van der Waals surface area (Å²) in [7, 11) is 0. The van der Waals surface area contributed by atoms with Gasteiger partial charge in [0, 0.05) is 6.42 Å². The number of hydrogen-bond donors (Lipinski definition) is 0. The maximum absolute atomic E-state index is 8.75. The molecule has 17 heavy (non-hydrogen) atoms. The second kappa shape index (κ2) is 12.5. The van der Waals surface area contributed by atoms with Gasteiger partial charge in [-0.05, 0) is 12.8 Å². The molecule has 0 aliphatic carbocycles. The second-order valence-electron chi connectivity index (χ2n) is 4.36. The average molecular weight is 231 g/mol. The van der Waals surface area contributed by atoms with Crippen molar-refractivity contribution in [3.63, 3.8) is 0 Å². The summed E-state index contributed by atoms with van der Waals surface area (Å²) in [6, 6.07) is 6.38. The molecule has 0 saturated heterocycles. The molecule has 0 aromatic rings. The monoisotopic (exact) mass is 231 g/mol. The van der Waals surface area contributed by atoms with Crippen LogP contribution in [0.1, 0.15) is 64.2 Å². The van der Waals surface area contributed by atoms with Crippen molar-refractivity contribution >= 4 is 0 Å². The highest BCUT2D eigenvalue weighted by atomic mass is 14.3. The third-order valence-electron chi connectivity index (χ3n) is 2.86. The maximum atomic E-state index is 8.75. The summed E-state index contributed by atoms with van der Waals surface area (Å²) in [5, 5.41) is 25.6. The Morgan fingerprint density at radius 3 is 1.82 bits per heavy atom. The van der Waals surface area contributed by atoms with Crippen LogP contribution in [0.2, 0.25) is 0 Å². The lowest BCUT2D eigenvalue weighted by molar-refractivity contribution is 0.525. The Morgan fingerprint density at radius 2 is 1.29 bits per heavy atom. The molecule has 0 N–H and O–H groups in total. The van der Waals surface area contributed by atoms with Gasteiger partial charge >= 0.3 is 0 Å². The highest BCUT2D eigenvalue weighted by Gasteiger charge is 2.05. The molecule has 3 heteroatoms. The lowest BCUT2D eigenvalue weighted by Crippen LogP contribution is -1.95. The first kappa shape index (κ1) is 15.5. The first-order chi connectivity index (χ1) is 8.35. The van der Waals surface area contributed by atoms with Crippen molar-refractivity contribution in [2.45, 2.75) is 64.2 Å². The summed E-state index contributed by atoms with van der Waals surface area (Å²) < 4.78 is 0. The van der Waals surface area contributed by atoms with Crippen molar-refractivity contribution < 1.29 is 0 Å². The SMILES string of the molecule is N#CCCCCCCCCCC(C#N)CC#N. The lowest BCUT2D eigenvalue weighted by atomic mass is 9.99. The number of nitriles is 3. The Labute approximate surface area is 105 Å². The highest BCUT2D eigenvalue weighted by Crippen LogP contribution is 2.14. The van der Waals surface area contributed by atoms with E-state index in [0.29, 0.717) is 12.8 Å². The van der Waals surface area contributed by atoms with Crippen molar-refractivity contribution in [2.75, 3.05) is 0 Å². The maximum Gasteiger partial charge on any atom is 0.0666 e. The zero-order valence-electron chi connectivity index (χ0n) is 10.5. The Morgan fingerprint density at radius 1 is 0.706 bits per heavy atom. The van der Waals surface area contributed by atoms with Gasteiger partial charge in [0.2, 0.25) is 0 Å². The quantitative estimate of drug-likeness (QED) is 0.532. The molecule has 1 unspecified atom stereocenters. The van der Waals surface area contributed by atoms with E-state index in [2.05, 4.69) is 18.2 Å². The average Bonchev–Trinajstić information content (AvgIpc) is 2.35. The summed E-state index contributed by atoms with van der Waals surface area (Å²) in [5.74, 6) is -0.0735. The number of rotatable bonds is 10. The van der Waals surface area contributed by atoms with Crippen LogP contribution in [0.5, 0.6) is 0 Å². The van der Waals surface area contributed by atoms with Gasteiger partial charge in [-0.3, -0.25) is 0 Å². The molecule has 0 aromatic carbocycles. The van der Waals surface area contributed by atoms with Crippen LogP contribution in [-0.4, -0.2) is 0 Å². The summed E-state index contributed by atoms with van der Waals surface area (Å²) in [6.07, 6.45) is 9.93. The van der Waals surface area contributed by atoms with E-state index in [4.69, 9.17) is 15.8 Å². The van der Waals surface area contributed by atoms with Crippen molar-refractivity contribution in [1.29, 1.82) is 15.8 Å². The molecule has 0 aromatic heterocycles. The van der Waals surface area contributed by atoms with Gasteiger partial charge in [0.1, 0.15) is 0 Å². The minimum Gasteiger partial charge on any atom is -0.198 e. The van der Waals surface area contributed by atoms with Crippen LogP contribution < -0.4 is 0 Å². The van der Waals surface area contributed by atoms with Crippen LogP contribution in [0.3, 0.4) is 0 Å². The predicted octanol–water partition coefficient (Wildman–Crippen LogP) is 4.07. The molecule has 0 fully saturated rings. The van der Waals surface area contributed by atoms with Gasteiger partial charge in [-0.15, -0.1) is 0 Å². The predicted molar refractivity (Wildman–Crippen MR) is 66.5 cm³/mol. The van der Waals surface area contributed by atoms with Crippen molar-refractivity contribution in [3.8, 4) is 18.2 Å². The summed E-state index contributed by atoms with van der Waals surface area (Å²) >= 11 is 0. The summed E-state index contributed by atoms with van der Waals surface area (Å²) in [4.78, 5) is 0. The van der Waals surface area contributed by atoms with Gasteiger partial charge in [-0.1, -0.05) is 38.5 Å². The van der Waals surface area contributed by atoms with Crippen LogP contribution in [0, 0.1) is 39.9 Å². The van der Waals surface area contributed by atoms with E-state index in [1.54, 1.807) is 0 Å². The second-order valence-corrected chi connectivity index (χ2v) is 4.36. The molecule has 1 atom stereocenters. The van der Waals surface area contributed by atoms with Gasteiger partial charge in [0.15, 0.2) is 0 Å². The standard InChI is InChI=1S/C14H21N3/c15-11-8-6-4-2-1-3-5-7-9-14(13-17)10-12-16/h14H,1-10H2. The first-order valence-electron chi connectivity index (χ1n) is 6.48. The Hall–Kier alpha value is -1.53. The summed E-state index contributed by atoms with van der Waals surface area (Å²) in [5.41, 5.74) is 0. The molecule has 0 radical (unpaired) electrons. The fourth-order valence-corrected chi connectivity index (χ4v) is 1.80. The smallest absolute Gasteiger partial charge is 0.0666 e. The van der Waals surface area contributed by atoms with Gasteiger partial charge in [-0.25, -0.2) is 0 Å². The topological polar surface area (TPSA) is 71.4 Å². The van der Waals surface area contributed by atoms with Crippen LogP contribution in [0.25, 0.3) is 0 Å². The normalized spacial score (nSPS) is 11.1. The van der Waals surface area contributed by atoms with Crippen LogP contribution in [-0.2, 0) is 0 Å². The molecular weight excluding hydrogens is 210 g/mol. The third-order valence-corrected chi connectivity index (χ3v) is 2.86. The van der Waals surface area contributed by atoms with E-state index >= 15 is 0 Å². The minimum absolute atomic E-state index is 0.0735. The van der Waals surface area contributed by atoms with Crippen LogP contribution in [0.15, 0.2) is 0 Å². The van der Waals surface area contributed by atoms with Crippen molar-refractivity contribution in [1.82, 2.24) is 0 Å². The van der Waals surface area contributed by atoms with E-state index in [1.807, 2.05) is 0 Å². The summed E-state index contributed by atoms with van der Waals surface area (Å²) in [6.45, 7) is 0. The fourth-order valence-electron chi connectivity index (χ4n) is 1.80. The number of unbranched alkanes of at least 4 members (excludes halogenated alkanes) is 7. The Balaban J connectivity index is 3.21. The van der Waals surface area contributed by atoms with Crippen molar-refractivity contribution in [3.05, 3.63) is 0 Å². The molecule has 0 spiro atoms. The first-order valence-corrected chi connectivity index (χ1v) is 6.48. The molecule has 0 heterocycles. The molecule has 92 valence electrons.